The van der Waals surface area contributed by atoms with Gasteiger partial charge in [-0.05, 0) is 26.2 Å². The molecule has 0 N–H and O–H groups in total. The van der Waals surface area contributed by atoms with Crippen LogP contribution < -0.4 is 0 Å². The predicted molar refractivity (Wildman–Crippen MR) is 54.2 cm³/mol. The molecule has 4 atom stereocenters. The number of ether oxygens (including phenoxy) is 4. The molecular formula is C11H20O4. The molecule has 0 spiro atoms. The third-order valence-electron chi connectivity index (χ3n) is 2.96. The van der Waals surface area contributed by atoms with E-state index in [4.69, 9.17) is 18.9 Å². The highest BCUT2D eigenvalue weighted by molar-refractivity contribution is 4.80. The Morgan fingerprint density at radius 1 is 1.27 bits per heavy atom. The van der Waals surface area contributed by atoms with E-state index in [1.54, 1.807) is 6.92 Å². The van der Waals surface area contributed by atoms with Gasteiger partial charge < -0.3 is 14.2 Å². The average Bonchev–Trinajstić information content (AvgIpc) is 2.53. The van der Waals surface area contributed by atoms with Gasteiger partial charge in [0.25, 0.3) is 5.97 Å². The Morgan fingerprint density at radius 2 is 2.07 bits per heavy atom. The van der Waals surface area contributed by atoms with Crippen molar-refractivity contribution in [3.05, 3.63) is 0 Å². The van der Waals surface area contributed by atoms with E-state index in [1.807, 2.05) is 6.92 Å². The SMILES string of the molecule is CCO[C@@]1(C)O[C@H]2O[C@@H](CC)CC[C@H]2O1. The first-order chi connectivity index (χ1) is 7.17. The van der Waals surface area contributed by atoms with Crippen LogP contribution in [0.5, 0.6) is 0 Å². The molecule has 2 rings (SSSR count). The minimum atomic E-state index is -0.910. The van der Waals surface area contributed by atoms with E-state index in [2.05, 4.69) is 6.92 Å². The second-order valence-corrected chi connectivity index (χ2v) is 4.18. The molecule has 2 heterocycles. The maximum atomic E-state index is 5.77. The van der Waals surface area contributed by atoms with Crippen molar-refractivity contribution in [2.45, 2.75) is 64.5 Å². The topological polar surface area (TPSA) is 36.9 Å². The third-order valence-corrected chi connectivity index (χ3v) is 2.96. The van der Waals surface area contributed by atoms with Gasteiger partial charge in [-0.1, -0.05) is 6.92 Å². The number of rotatable bonds is 3. The van der Waals surface area contributed by atoms with Gasteiger partial charge in [0.2, 0.25) is 0 Å². The quantitative estimate of drug-likeness (QED) is 0.723. The summed E-state index contributed by atoms with van der Waals surface area (Å²) in [7, 11) is 0. The molecule has 0 aromatic rings. The summed E-state index contributed by atoms with van der Waals surface area (Å²) in [6, 6.07) is 0. The third kappa shape index (κ3) is 2.33. The smallest absolute Gasteiger partial charge is 0.282 e. The molecule has 4 heteroatoms. The molecule has 88 valence electrons. The first kappa shape index (κ1) is 11.3. The van der Waals surface area contributed by atoms with Crippen molar-refractivity contribution in [3.63, 3.8) is 0 Å². The second-order valence-electron chi connectivity index (χ2n) is 4.18. The summed E-state index contributed by atoms with van der Waals surface area (Å²) in [5.74, 6) is -0.910. The minimum absolute atomic E-state index is 0.0318. The summed E-state index contributed by atoms with van der Waals surface area (Å²) >= 11 is 0. The predicted octanol–water partition coefficient (Wildman–Crippen LogP) is 2.03. The lowest BCUT2D eigenvalue weighted by atomic mass is 10.0. The molecule has 4 nitrogen and oxygen atoms in total. The Morgan fingerprint density at radius 3 is 2.73 bits per heavy atom. The lowest BCUT2D eigenvalue weighted by molar-refractivity contribution is -0.341. The van der Waals surface area contributed by atoms with Gasteiger partial charge in [-0.3, -0.25) is 4.74 Å². The molecule has 0 aliphatic carbocycles. The lowest BCUT2D eigenvalue weighted by Crippen LogP contribution is -2.36. The van der Waals surface area contributed by atoms with Crippen LogP contribution in [0.1, 0.15) is 40.0 Å². The van der Waals surface area contributed by atoms with Crippen LogP contribution in [0.15, 0.2) is 0 Å². The van der Waals surface area contributed by atoms with Crippen LogP contribution in [0.25, 0.3) is 0 Å². The Kier molecular flexibility index (Phi) is 3.30. The summed E-state index contributed by atoms with van der Waals surface area (Å²) in [5, 5.41) is 0. The van der Waals surface area contributed by atoms with Crippen molar-refractivity contribution < 1.29 is 18.9 Å². The molecule has 0 aromatic carbocycles. The fourth-order valence-corrected chi connectivity index (χ4v) is 2.19. The van der Waals surface area contributed by atoms with Crippen molar-refractivity contribution in [3.8, 4) is 0 Å². The molecule has 2 saturated heterocycles. The largest absolute Gasteiger partial charge is 0.346 e. The van der Waals surface area contributed by atoms with Crippen LogP contribution in [0.2, 0.25) is 0 Å². The van der Waals surface area contributed by atoms with Gasteiger partial charge in [-0.25, -0.2) is 0 Å². The van der Waals surface area contributed by atoms with Crippen LogP contribution in [0, 0.1) is 0 Å². The van der Waals surface area contributed by atoms with E-state index >= 15 is 0 Å². The standard InChI is InChI=1S/C11H20O4/c1-4-8-6-7-9-10(13-8)15-11(3,14-9)12-5-2/h8-10H,4-7H2,1-3H3/t8-,9+,10+,11+/m0/s1. The number of fused-ring (bicyclic) bond motifs is 1. The molecule has 2 aliphatic heterocycles. The molecule has 0 amide bonds. The van der Waals surface area contributed by atoms with Gasteiger partial charge in [0.1, 0.15) is 6.10 Å². The fourth-order valence-electron chi connectivity index (χ4n) is 2.19. The average molecular weight is 216 g/mol. The molecule has 0 saturated carbocycles. The summed E-state index contributed by atoms with van der Waals surface area (Å²) in [4.78, 5) is 0. The van der Waals surface area contributed by atoms with Crippen molar-refractivity contribution >= 4 is 0 Å². The Balaban J connectivity index is 1.95. The van der Waals surface area contributed by atoms with Crippen LogP contribution in [0.4, 0.5) is 0 Å². The lowest BCUT2D eigenvalue weighted by Gasteiger charge is -2.28. The van der Waals surface area contributed by atoms with Crippen LogP contribution in [-0.4, -0.2) is 31.1 Å². The molecule has 0 radical (unpaired) electrons. The van der Waals surface area contributed by atoms with Crippen molar-refractivity contribution in [1.29, 1.82) is 0 Å². The van der Waals surface area contributed by atoms with Crippen LogP contribution in [0.3, 0.4) is 0 Å². The zero-order chi connectivity index (χ0) is 10.9. The zero-order valence-corrected chi connectivity index (χ0v) is 9.69. The van der Waals surface area contributed by atoms with E-state index in [1.165, 1.54) is 0 Å². The highest BCUT2D eigenvalue weighted by Crippen LogP contribution is 2.37. The van der Waals surface area contributed by atoms with Gasteiger partial charge in [-0.15, -0.1) is 0 Å². The van der Waals surface area contributed by atoms with E-state index in [0.29, 0.717) is 12.7 Å². The maximum absolute atomic E-state index is 5.77. The summed E-state index contributed by atoms with van der Waals surface area (Å²) in [6.07, 6.45) is 3.15. The number of hydrogen-bond donors (Lipinski definition) is 0. The maximum Gasteiger partial charge on any atom is 0.282 e. The van der Waals surface area contributed by atoms with Crippen LogP contribution >= 0.6 is 0 Å². The van der Waals surface area contributed by atoms with E-state index in [0.717, 1.165) is 19.3 Å². The van der Waals surface area contributed by atoms with E-state index in [9.17, 15) is 0 Å². The molecule has 0 aromatic heterocycles. The van der Waals surface area contributed by atoms with E-state index < -0.39 is 5.97 Å². The van der Waals surface area contributed by atoms with Crippen molar-refractivity contribution in [2.24, 2.45) is 0 Å². The molecule has 0 bridgehead atoms. The Labute approximate surface area is 90.8 Å². The number of hydrogen-bond acceptors (Lipinski definition) is 4. The van der Waals surface area contributed by atoms with Crippen molar-refractivity contribution in [1.82, 2.24) is 0 Å². The normalized spacial score (nSPS) is 45.4. The fraction of sp³-hybridized carbons (Fsp3) is 1.00. The van der Waals surface area contributed by atoms with Gasteiger partial charge >= 0.3 is 0 Å². The highest BCUT2D eigenvalue weighted by atomic mass is 16.9. The van der Waals surface area contributed by atoms with Gasteiger partial charge in [0, 0.05) is 13.5 Å². The Bertz CT molecular complexity index is 221. The second kappa shape index (κ2) is 4.37. The van der Waals surface area contributed by atoms with Gasteiger partial charge in [0.05, 0.1) is 6.10 Å². The monoisotopic (exact) mass is 216 g/mol. The molecule has 15 heavy (non-hydrogen) atoms. The Hall–Kier alpha value is -0.160. The van der Waals surface area contributed by atoms with E-state index in [-0.39, 0.29) is 12.4 Å². The summed E-state index contributed by atoms with van der Waals surface area (Å²) in [6.45, 7) is 6.43. The summed E-state index contributed by atoms with van der Waals surface area (Å²) < 4.78 is 22.6. The zero-order valence-electron chi connectivity index (χ0n) is 9.69. The molecule has 0 unspecified atom stereocenters. The van der Waals surface area contributed by atoms with Crippen LogP contribution in [-0.2, 0) is 18.9 Å². The minimum Gasteiger partial charge on any atom is -0.346 e. The molecule has 2 aliphatic rings. The van der Waals surface area contributed by atoms with Gasteiger partial charge in [0.15, 0.2) is 6.29 Å². The summed E-state index contributed by atoms with van der Waals surface area (Å²) in [5.41, 5.74) is 0. The first-order valence-corrected chi connectivity index (χ1v) is 5.82. The van der Waals surface area contributed by atoms with Gasteiger partial charge in [-0.2, -0.15) is 0 Å². The highest BCUT2D eigenvalue weighted by Gasteiger charge is 2.48. The molecular weight excluding hydrogens is 196 g/mol. The first-order valence-electron chi connectivity index (χ1n) is 5.82. The molecule has 2 fully saturated rings. The van der Waals surface area contributed by atoms with Crippen molar-refractivity contribution in [2.75, 3.05) is 6.61 Å².